The second-order valence-corrected chi connectivity index (χ2v) is 8.31. The Morgan fingerprint density at radius 2 is 2.11 bits per heavy atom. The van der Waals surface area contributed by atoms with E-state index in [-0.39, 0.29) is 5.54 Å². The van der Waals surface area contributed by atoms with E-state index in [1.807, 2.05) is 11.8 Å². The van der Waals surface area contributed by atoms with Gasteiger partial charge in [-0.15, -0.1) is 0 Å². The van der Waals surface area contributed by atoms with Crippen LogP contribution in [-0.2, 0) is 4.79 Å². The van der Waals surface area contributed by atoms with Crippen LogP contribution < -0.4 is 5.32 Å². The molecule has 0 aromatic carbocycles. The molecular formula is C15H28N2OS. The number of hydrogen-bond donors (Lipinski definition) is 1. The van der Waals surface area contributed by atoms with Crippen LogP contribution in [0.2, 0.25) is 0 Å². The summed E-state index contributed by atoms with van der Waals surface area (Å²) in [6.07, 6.45) is 5.32. The summed E-state index contributed by atoms with van der Waals surface area (Å²) in [5.74, 6) is 1.44. The number of carbonyl (C=O) groups is 1. The summed E-state index contributed by atoms with van der Waals surface area (Å²) in [6.45, 7) is 9.60. The van der Waals surface area contributed by atoms with Crippen molar-refractivity contribution < 1.29 is 4.79 Å². The van der Waals surface area contributed by atoms with Crippen LogP contribution >= 0.6 is 11.8 Å². The van der Waals surface area contributed by atoms with Gasteiger partial charge in [-0.2, -0.15) is 11.8 Å². The van der Waals surface area contributed by atoms with Gasteiger partial charge in [-0.1, -0.05) is 27.2 Å². The zero-order valence-electron chi connectivity index (χ0n) is 12.6. The van der Waals surface area contributed by atoms with E-state index < -0.39 is 0 Å². The molecule has 0 radical (unpaired) electrons. The predicted molar refractivity (Wildman–Crippen MR) is 82.6 cm³/mol. The summed E-state index contributed by atoms with van der Waals surface area (Å²) < 4.78 is 0.316. The molecule has 2 saturated heterocycles. The van der Waals surface area contributed by atoms with Gasteiger partial charge >= 0.3 is 0 Å². The lowest BCUT2D eigenvalue weighted by atomic mass is 9.90. The van der Waals surface area contributed by atoms with Gasteiger partial charge in [0.2, 0.25) is 5.91 Å². The van der Waals surface area contributed by atoms with Crippen LogP contribution in [0, 0.1) is 0 Å². The first-order valence-electron chi connectivity index (χ1n) is 7.67. The lowest BCUT2D eigenvalue weighted by Crippen LogP contribution is -2.55. The molecule has 0 aliphatic carbocycles. The number of amides is 1. The minimum absolute atomic E-state index is 0.242. The zero-order valence-corrected chi connectivity index (χ0v) is 13.4. The van der Waals surface area contributed by atoms with Crippen LogP contribution in [0.5, 0.6) is 0 Å². The third-order valence-electron chi connectivity index (χ3n) is 4.45. The molecule has 0 aromatic heterocycles. The van der Waals surface area contributed by atoms with E-state index in [9.17, 15) is 4.79 Å². The second kappa shape index (κ2) is 6.04. The standard InChI is InChI=1S/C15H28N2OS/c1-4-6-15(7-5-9-16-15)13(18)17-10-8-14(2,3)19-12-11-17/h16H,4-12H2,1-3H3. The van der Waals surface area contributed by atoms with E-state index >= 15 is 0 Å². The Morgan fingerprint density at radius 3 is 2.74 bits per heavy atom. The molecule has 2 aliphatic rings. The summed E-state index contributed by atoms with van der Waals surface area (Å²) in [5.41, 5.74) is -0.242. The largest absolute Gasteiger partial charge is 0.340 e. The number of nitrogens with zero attached hydrogens (tertiary/aromatic N) is 1. The van der Waals surface area contributed by atoms with E-state index in [0.717, 1.165) is 57.5 Å². The smallest absolute Gasteiger partial charge is 0.242 e. The maximum atomic E-state index is 12.9. The van der Waals surface area contributed by atoms with Crippen LogP contribution in [0.3, 0.4) is 0 Å². The van der Waals surface area contributed by atoms with Crippen molar-refractivity contribution in [1.29, 1.82) is 0 Å². The predicted octanol–water partition coefficient (Wildman–Crippen LogP) is 2.65. The van der Waals surface area contributed by atoms with Crippen LogP contribution in [0.4, 0.5) is 0 Å². The monoisotopic (exact) mass is 284 g/mol. The van der Waals surface area contributed by atoms with Crippen LogP contribution in [-0.4, -0.2) is 46.5 Å². The SMILES string of the molecule is CCCC1(C(=O)N2CCSC(C)(C)CC2)CCCN1. The maximum absolute atomic E-state index is 12.9. The molecule has 3 nitrogen and oxygen atoms in total. The molecule has 1 N–H and O–H groups in total. The number of hydrogen-bond acceptors (Lipinski definition) is 3. The highest BCUT2D eigenvalue weighted by molar-refractivity contribution is 8.00. The summed E-state index contributed by atoms with van der Waals surface area (Å²) in [5, 5.41) is 3.51. The fourth-order valence-electron chi connectivity index (χ4n) is 3.26. The lowest BCUT2D eigenvalue weighted by Gasteiger charge is -2.34. The number of nitrogens with one attached hydrogen (secondary N) is 1. The molecule has 1 unspecified atom stereocenters. The van der Waals surface area contributed by atoms with Gasteiger partial charge in [0.05, 0.1) is 5.54 Å². The fourth-order valence-corrected chi connectivity index (χ4v) is 4.36. The highest BCUT2D eigenvalue weighted by atomic mass is 32.2. The third-order valence-corrected chi connectivity index (χ3v) is 5.83. The molecule has 19 heavy (non-hydrogen) atoms. The molecule has 0 saturated carbocycles. The topological polar surface area (TPSA) is 32.3 Å². The van der Waals surface area contributed by atoms with E-state index in [4.69, 9.17) is 0 Å². The van der Waals surface area contributed by atoms with Crippen molar-refractivity contribution in [2.24, 2.45) is 0 Å². The molecule has 110 valence electrons. The van der Waals surface area contributed by atoms with Gasteiger partial charge in [0.25, 0.3) is 0 Å². The van der Waals surface area contributed by atoms with E-state index in [1.165, 1.54) is 0 Å². The van der Waals surface area contributed by atoms with Crippen molar-refractivity contribution in [3.63, 3.8) is 0 Å². The molecule has 0 bridgehead atoms. The molecule has 1 atom stereocenters. The van der Waals surface area contributed by atoms with Gasteiger partial charge in [-0.25, -0.2) is 0 Å². The van der Waals surface area contributed by atoms with E-state index in [2.05, 4.69) is 31.0 Å². The Balaban J connectivity index is 2.05. The molecule has 2 fully saturated rings. The molecule has 4 heteroatoms. The molecule has 0 spiro atoms. The third kappa shape index (κ3) is 3.46. The number of carbonyl (C=O) groups excluding carboxylic acids is 1. The molecule has 0 aromatic rings. The molecular weight excluding hydrogens is 256 g/mol. The maximum Gasteiger partial charge on any atom is 0.242 e. The molecule has 2 rings (SSSR count). The van der Waals surface area contributed by atoms with Crippen molar-refractivity contribution in [3.05, 3.63) is 0 Å². The lowest BCUT2D eigenvalue weighted by molar-refractivity contribution is -0.138. The summed E-state index contributed by atoms with van der Waals surface area (Å²) >= 11 is 2.00. The Kier molecular flexibility index (Phi) is 4.83. The van der Waals surface area contributed by atoms with Gasteiger partial charge in [0.1, 0.15) is 0 Å². The van der Waals surface area contributed by atoms with E-state index in [1.54, 1.807) is 0 Å². The molecule has 2 heterocycles. The second-order valence-electron chi connectivity index (χ2n) is 6.51. The average molecular weight is 284 g/mol. The minimum Gasteiger partial charge on any atom is -0.340 e. The number of rotatable bonds is 3. The molecule has 2 aliphatic heterocycles. The summed E-state index contributed by atoms with van der Waals surface area (Å²) in [7, 11) is 0. The van der Waals surface area contributed by atoms with Crippen LogP contribution in [0.25, 0.3) is 0 Å². The highest BCUT2D eigenvalue weighted by Crippen LogP contribution is 2.33. The highest BCUT2D eigenvalue weighted by Gasteiger charge is 2.43. The van der Waals surface area contributed by atoms with E-state index in [0.29, 0.717) is 10.7 Å². The Morgan fingerprint density at radius 1 is 1.32 bits per heavy atom. The molecule has 1 amide bonds. The van der Waals surface area contributed by atoms with Crippen molar-refractivity contribution in [2.45, 2.75) is 63.2 Å². The van der Waals surface area contributed by atoms with Crippen molar-refractivity contribution in [3.8, 4) is 0 Å². The first-order chi connectivity index (χ1) is 8.99. The quantitative estimate of drug-likeness (QED) is 0.865. The van der Waals surface area contributed by atoms with Gasteiger partial charge in [-0.05, 0) is 32.2 Å². The zero-order chi connectivity index (χ0) is 13.9. The van der Waals surface area contributed by atoms with Crippen LogP contribution in [0.1, 0.15) is 52.9 Å². The Hall–Kier alpha value is -0.220. The summed E-state index contributed by atoms with van der Waals surface area (Å²) in [6, 6.07) is 0. The minimum atomic E-state index is -0.242. The van der Waals surface area contributed by atoms with Crippen molar-refractivity contribution in [1.82, 2.24) is 10.2 Å². The van der Waals surface area contributed by atoms with Crippen LogP contribution in [0.15, 0.2) is 0 Å². The summed E-state index contributed by atoms with van der Waals surface area (Å²) in [4.78, 5) is 15.1. The van der Waals surface area contributed by atoms with Gasteiger partial charge < -0.3 is 10.2 Å². The Labute approximate surface area is 121 Å². The first kappa shape index (κ1) is 15.2. The van der Waals surface area contributed by atoms with Crippen molar-refractivity contribution >= 4 is 17.7 Å². The van der Waals surface area contributed by atoms with Crippen molar-refractivity contribution in [2.75, 3.05) is 25.4 Å². The first-order valence-corrected chi connectivity index (χ1v) is 8.66. The number of thioether (sulfide) groups is 1. The van der Waals surface area contributed by atoms with Gasteiger partial charge in [0.15, 0.2) is 0 Å². The average Bonchev–Trinajstić information content (AvgIpc) is 2.75. The van der Waals surface area contributed by atoms with Gasteiger partial charge in [-0.3, -0.25) is 4.79 Å². The van der Waals surface area contributed by atoms with Gasteiger partial charge in [0, 0.05) is 23.6 Å². The fraction of sp³-hybridized carbons (Fsp3) is 0.933. The normalized spacial score (nSPS) is 31.2. The Bertz CT molecular complexity index is 324.